The van der Waals surface area contributed by atoms with E-state index in [1.165, 1.54) is 4.90 Å². The molecule has 0 bridgehead atoms. The van der Waals surface area contributed by atoms with Crippen molar-refractivity contribution >= 4 is 17.7 Å². The quantitative estimate of drug-likeness (QED) is 0.340. The van der Waals surface area contributed by atoms with E-state index in [-0.39, 0.29) is 0 Å². The molecule has 22 heavy (non-hydrogen) atoms. The van der Waals surface area contributed by atoms with E-state index in [1.54, 1.807) is 0 Å². The van der Waals surface area contributed by atoms with Gasteiger partial charge < -0.3 is 15.2 Å². The van der Waals surface area contributed by atoms with Crippen molar-refractivity contribution in [1.29, 1.82) is 0 Å². The third kappa shape index (κ3) is 6.26. The Kier molecular flexibility index (Phi) is 7.46. The van der Waals surface area contributed by atoms with Crippen LogP contribution in [-0.4, -0.2) is 36.4 Å². The Hall–Kier alpha value is -1.88. The zero-order chi connectivity index (χ0) is 15.5. The molecule has 0 spiro atoms. The van der Waals surface area contributed by atoms with Gasteiger partial charge in [0, 0.05) is 44.0 Å². The summed E-state index contributed by atoms with van der Waals surface area (Å²) in [6.07, 6.45) is 5.25. The van der Waals surface area contributed by atoms with E-state index in [9.17, 15) is 0 Å². The van der Waals surface area contributed by atoms with Crippen LogP contribution in [0, 0.1) is 0 Å². The first kappa shape index (κ1) is 16.5. The number of aliphatic imine (C=N–C) groups is 1. The lowest BCUT2D eigenvalue weighted by Gasteiger charge is -2.12. The Morgan fingerprint density at radius 3 is 2.50 bits per heavy atom. The van der Waals surface area contributed by atoms with Crippen molar-refractivity contribution in [2.45, 2.75) is 17.9 Å². The van der Waals surface area contributed by atoms with E-state index in [4.69, 9.17) is 0 Å². The number of hydrogen-bond donors (Lipinski definition) is 2. The highest BCUT2D eigenvalue weighted by atomic mass is 32.2. The molecule has 2 aromatic rings. The van der Waals surface area contributed by atoms with Crippen LogP contribution in [0.2, 0.25) is 0 Å². The van der Waals surface area contributed by atoms with Gasteiger partial charge >= 0.3 is 0 Å². The molecular weight excluding hydrogens is 292 g/mol. The minimum Gasteiger partial charge on any atom is -0.356 e. The topological polar surface area (TPSA) is 41.4 Å². The van der Waals surface area contributed by atoms with Gasteiger partial charge in [-0.3, -0.25) is 4.99 Å². The van der Waals surface area contributed by atoms with Crippen molar-refractivity contribution in [2.75, 3.05) is 25.9 Å². The summed E-state index contributed by atoms with van der Waals surface area (Å²) in [7, 11) is 1.81. The molecule has 1 aromatic carbocycles. The van der Waals surface area contributed by atoms with Crippen molar-refractivity contribution in [3.63, 3.8) is 0 Å². The third-order valence-corrected chi connectivity index (χ3v) is 4.28. The average molecular weight is 316 g/mol. The fraction of sp³-hybridized carbons (Fsp3) is 0.353. The van der Waals surface area contributed by atoms with Gasteiger partial charge in [0.2, 0.25) is 0 Å². The molecule has 1 heterocycles. The predicted octanol–water partition coefficient (Wildman–Crippen LogP) is 2.84. The standard InChI is InChI=1S/C17H24N4S/c1-18-17(20-11-14-21-12-5-6-13-21)19-10-7-15-22-16-8-3-2-4-9-16/h2-6,8-9,12-13H,7,10-11,14-15H2,1H3,(H2,18,19,20). The molecule has 5 heteroatoms. The van der Waals surface area contributed by atoms with Crippen LogP contribution >= 0.6 is 11.8 Å². The normalized spacial score (nSPS) is 11.4. The van der Waals surface area contributed by atoms with Crippen LogP contribution < -0.4 is 10.6 Å². The van der Waals surface area contributed by atoms with Gasteiger partial charge in [-0.1, -0.05) is 18.2 Å². The lowest BCUT2D eigenvalue weighted by Crippen LogP contribution is -2.39. The maximum atomic E-state index is 4.24. The van der Waals surface area contributed by atoms with E-state index in [2.05, 4.69) is 62.9 Å². The van der Waals surface area contributed by atoms with Crippen LogP contribution in [-0.2, 0) is 6.54 Å². The van der Waals surface area contributed by atoms with Gasteiger partial charge in [-0.2, -0.15) is 0 Å². The minimum absolute atomic E-state index is 0.868. The van der Waals surface area contributed by atoms with E-state index < -0.39 is 0 Å². The summed E-state index contributed by atoms with van der Waals surface area (Å²) in [6, 6.07) is 14.6. The lowest BCUT2D eigenvalue weighted by molar-refractivity contribution is 0.664. The zero-order valence-electron chi connectivity index (χ0n) is 13.0. The third-order valence-electron chi connectivity index (χ3n) is 3.18. The molecule has 2 N–H and O–H groups in total. The first-order valence-electron chi connectivity index (χ1n) is 7.61. The number of nitrogens with one attached hydrogen (secondary N) is 2. The Balaban J connectivity index is 1.54. The highest BCUT2D eigenvalue weighted by Gasteiger charge is 1.97. The molecule has 118 valence electrons. The number of hydrogen-bond acceptors (Lipinski definition) is 2. The number of guanidine groups is 1. The minimum atomic E-state index is 0.868. The van der Waals surface area contributed by atoms with Gasteiger partial charge in [0.15, 0.2) is 5.96 Å². The second-order valence-electron chi connectivity index (χ2n) is 4.86. The second-order valence-corrected chi connectivity index (χ2v) is 6.03. The smallest absolute Gasteiger partial charge is 0.191 e. The molecule has 2 rings (SSSR count). The fourth-order valence-corrected chi connectivity index (χ4v) is 2.90. The van der Waals surface area contributed by atoms with Crippen LogP contribution in [0.15, 0.2) is 64.7 Å². The second kappa shape index (κ2) is 9.95. The summed E-state index contributed by atoms with van der Waals surface area (Å²) in [6.45, 7) is 2.74. The van der Waals surface area contributed by atoms with Crippen molar-refractivity contribution in [1.82, 2.24) is 15.2 Å². The molecule has 0 radical (unpaired) electrons. The van der Waals surface area contributed by atoms with Gasteiger partial charge in [0.25, 0.3) is 0 Å². The van der Waals surface area contributed by atoms with Gasteiger partial charge in [-0.15, -0.1) is 11.8 Å². The molecule has 0 aliphatic rings. The van der Waals surface area contributed by atoms with E-state index in [1.807, 2.05) is 30.9 Å². The van der Waals surface area contributed by atoms with Gasteiger partial charge in [-0.05, 0) is 36.4 Å². The first-order chi connectivity index (χ1) is 10.9. The Morgan fingerprint density at radius 1 is 1.05 bits per heavy atom. The maximum Gasteiger partial charge on any atom is 0.191 e. The first-order valence-corrected chi connectivity index (χ1v) is 8.60. The Morgan fingerprint density at radius 2 is 1.77 bits per heavy atom. The van der Waals surface area contributed by atoms with Crippen LogP contribution in [0.3, 0.4) is 0 Å². The van der Waals surface area contributed by atoms with E-state index in [0.717, 1.165) is 37.8 Å². The largest absolute Gasteiger partial charge is 0.356 e. The maximum absolute atomic E-state index is 4.24. The Bertz CT molecular complexity index is 537. The number of nitrogens with zero attached hydrogens (tertiary/aromatic N) is 2. The monoisotopic (exact) mass is 316 g/mol. The molecule has 0 aliphatic carbocycles. The summed E-state index contributed by atoms with van der Waals surface area (Å²) < 4.78 is 2.15. The fourth-order valence-electron chi connectivity index (χ4n) is 2.03. The number of rotatable bonds is 8. The number of thioether (sulfide) groups is 1. The summed E-state index contributed by atoms with van der Waals surface area (Å²) in [5, 5.41) is 6.68. The van der Waals surface area contributed by atoms with Crippen molar-refractivity contribution < 1.29 is 0 Å². The van der Waals surface area contributed by atoms with Crippen molar-refractivity contribution in [3.05, 3.63) is 54.9 Å². The van der Waals surface area contributed by atoms with E-state index in [0.29, 0.717) is 0 Å². The van der Waals surface area contributed by atoms with Crippen molar-refractivity contribution in [3.8, 4) is 0 Å². The Labute approximate surface area is 137 Å². The summed E-state index contributed by atoms with van der Waals surface area (Å²) in [5.74, 6) is 1.98. The van der Waals surface area contributed by atoms with Crippen molar-refractivity contribution in [2.24, 2.45) is 4.99 Å². The van der Waals surface area contributed by atoms with Crippen LogP contribution in [0.25, 0.3) is 0 Å². The zero-order valence-corrected chi connectivity index (χ0v) is 13.9. The molecule has 0 aliphatic heterocycles. The summed E-state index contributed by atoms with van der Waals surface area (Å²) in [4.78, 5) is 5.57. The summed E-state index contributed by atoms with van der Waals surface area (Å²) >= 11 is 1.89. The van der Waals surface area contributed by atoms with Gasteiger partial charge in [0.1, 0.15) is 0 Å². The number of aromatic nitrogens is 1. The van der Waals surface area contributed by atoms with Gasteiger partial charge in [-0.25, -0.2) is 0 Å². The molecule has 0 saturated carbocycles. The molecule has 0 atom stereocenters. The summed E-state index contributed by atoms with van der Waals surface area (Å²) in [5.41, 5.74) is 0. The average Bonchev–Trinajstić information content (AvgIpc) is 3.07. The molecule has 0 fully saturated rings. The van der Waals surface area contributed by atoms with E-state index >= 15 is 0 Å². The molecule has 1 aromatic heterocycles. The SMILES string of the molecule is CN=C(NCCCSc1ccccc1)NCCn1cccc1. The highest BCUT2D eigenvalue weighted by molar-refractivity contribution is 7.99. The molecule has 0 unspecified atom stereocenters. The number of benzene rings is 1. The molecule has 4 nitrogen and oxygen atoms in total. The van der Waals surface area contributed by atoms with Crippen LogP contribution in [0.5, 0.6) is 0 Å². The highest BCUT2D eigenvalue weighted by Crippen LogP contribution is 2.17. The van der Waals surface area contributed by atoms with Crippen LogP contribution in [0.1, 0.15) is 6.42 Å². The molecular formula is C17H24N4S. The lowest BCUT2D eigenvalue weighted by atomic mass is 10.4. The molecule has 0 amide bonds. The van der Waals surface area contributed by atoms with Gasteiger partial charge in [0.05, 0.1) is 0 Å². The predicted molar refractivity (Wildman–Crippen MR) is 95.6 cm³/mol. The molecule has 0 saturated heterocycles. The van der Waals surface area contributed by atoms with Crippen LogP contribution in [0.4, 0.5) is 0 Å².